The number of phenols is 1. The normalized spacial score (nSPS) is 35.4. The number of rotatable bonds is 3. The molecule has 4 aliphatic rings. The van der Waals surface area contributed by atoms with Gasteiger partial charge >= 0.3 is 6.36 Å². The van der Waals surface area contributed by atoms with Crippen LogP contribution in [0.4, 0.5) is 13.2 Å². The van der Waals surface area contributed by atoms with Crippen LogP contribution in [0.1, 0.15) is 31.2 Å². The Bertz CT molecular complexity index is 1290. The van der Waals surface area contributed by atoms with Gasteiger partial charge in [0.2, 0.25) is 11.8 Å². The van der Waals surface area contributed by atoms with Crippen LogP contribution in [0, 0.1) is 17.8 Å². The number of likely N-dealkylation sites (tertiary alicyclic amines) is 2. The minimum atomic E-state index is -5.05. The third kappa shape index (κ3) is 3.35. The number of ether oxygens (including phenoxy) is 1. The average molecular weight is 561 g/mol. The summed E-state index contributed by atoms with van der Waals surface area (Å²) in [6, 6.07) is 2.73. The van der Waals surface area contributed by atoms with Gasteiger partial charge in [0.15, 0.2) is 9.75 Å². The maximum atomic E-state index is 13.4. The van der Waals surface area contributed by atoms with E-state index in [1.165, 1.54) is 7.05 Å². The van der Waals surface area contributed by atoms with E-state index in [-0.39, 0.29) is 30.9 Å². The number of hydrogen-bond donors (Lipinski definition) is 1. The third-order valence-electron chi connectivity index (χ3n) is 7.97. The van der Waals surface area contributed by atoms with E-state index in [9.17, 15) is 37.5 Å². The Morgan fingerprint density at radius 3 is 2.41 bits per heavy atom. The highest BCUT2D eigenvalue weighted by Crippen LogP contribution is 2.66. The number of carbonyl (C=O) groups excluding carboxylic acids is 4. The van der Waals surface area contributed by atoms with Gasteiger partial charge in [-0.2, -0.15) is 0 Å². The molecule has 1 N–H and O–H groups in total. The fourth-order valence-corrected chi connectivity index (χ4v) is 7.44. The lowest BCUT2D eigenvalue weighted by Gasteiger charge is -2.50. The molecule has 2 aliphatic carbocycles. The van der Waals surface area contributed by atoms with Crippen molar-refractivity contribution in [3.63, 3.8) is 0 Å². The van der Waals surface area contributed by atoms with E-state index in [2.05, 4.69) is 4.74 Å². The first-order valence-corrected chi connectivity index (χ1v) is 12.3. The molecular weight excluding hydrogens is 540 g/mol. The monoisotopic (exact) mass is 560 g/mol. The van der Waals surface area contributed by atoms with Crippen LogP contribution in [0.25, 0.3) is 0 Å². The molecule has 13 heteroatoms. The zero-order valence-electron chi connectivity index (χ0n) is 19.5. The molecule has 8 nitrogen and oxygen atoms in total. The van der Waals surface area contributed by atoms with Gasteiger partial charge < -0.3 is 9.84 Å². The van der Waals surface area contributed by atoms with Crippen LogP contribution >= 0.6 is 23.2 Å². The van der Waals surface area contributed by atoms with Crippen molar-refractivity contribution in [2.24, 2.45) is 17.8 Å². The number of imide groups is 2. The number of phenolic OH excluding ortho intramolecular Hbond substituents is 1. The quantitative estimate of drug-likeness (QED) is 0.345. The van der Waals surface area contributed by atoms with Crippen molar-refractivity contribution in [2.75, 3.05) is 13.6 Å². The second kappa shape index (κ2) is 8.10. The number of carbonyl (C=O) groups is 4. The molecule has 5 rings (SSSR count). The van der Waals surface area contributed by atoms with Crippen LogP contribution in [0.3, 0.4) is 0 Å². The van der Waals surface area contributed by atoms with E-state index < -0.39 is 69.0 Å². The standard InChI is InChI=1S/C24H21Cl2F3N2O6/c1-3-31-18(33)12-6-5-11-14(16(12)19(31)34)9-22(25)20(35)30(2)21(36)23(22,26)17(11)13-8-10(4-7-15(13)32)37-24(27,28)29/h4-5,7-8,12,14,16-17,32H,3,6,9H2,1-2H3/t12-,14+,16-,17+,22+,23-/m0/s1. The van der Waals surface area contributed by atoms with Gasteiger partial charge in [-0.05, 0) is 43.9 Å². The fraction of sp³-hybridized carbons (Fsp3) is 0.500. The van der Waals surface area contributed by atoms with Crippen LogP contribution in [0.15, 0.2) is 29.8 Å². The molecule has 1 aromatic rings. The molecular formula is C24H21Cl2F3N2O6. The second-order valence-corrected chi connectivity index (χ2v) is 10.9. The van der Waals surface area contributed by atoms with Gasteiger partial charge in [-0.3, -0.25) is 29.0 Å². The minimum Gasteiger partial charge on any atom is -0.508 e. The molecule has 0 unspecified atom stereocenters. The smallest absolute Gasteiger partial charge is 0.508 e. The van der Waals surface area contributed by atoms with Gasteiger partial charge in [-0.1, -0.05) is 11.6 Å². The highest BCUT2D eigenvalue weighted by Gasteiger charge is 2.76. The SMILES string of the molecule is CCN1C(=O)[C@H]2[C@H](CC=C3[C@H]2C[C@@]2(Cl)C(=O)N(C)C(=O)[C@@]2(Cl)[C@H]3c2cc(OC(F)(F)F)ccc2O)C1=O. The summed E-state index contributed by atoms with van der Waals surface area (Å²) < 4.78 is 42.9. The van der Waals surface area contributed by atoms with E-state index >= 15 is 0 Å². The topological polar surface area (TPSA) is 104 Å². The van der Waals surface area contributed by atoms with Crippen molar-refractivity contribution in [3.8, 4) is 11.5 Å². The number of fused-ring (bicyclic) bond motifs is 4. The number of amides is 4. The number of aromatic hydroxyl groups is 1. The largest absolute Gasteiger partial charge is 0.573 e. The number of hydrogen-bond acceptors (Lipinski definition) is 6. The second-order valence-electron chi connectivity index (χ2n) is 9.69. The summed E-state index contributed by atoms with van der Waals surface area (Å²) in [5.74, 6) is -7.63. The van der Waals surface area contributed by atoms with Gasteiger partial charge in [0, 0.05) is 25.1 Å². The third-order valence-corrected chi connectivity index (χ3v) is 9.38. The highest BCUT2D eigenvalue weighted by molar-refractivity contribution is 6.53. The predicted molar refractivity (Wildman–Crippen MR) is 123 cm³/mol. The molecule has 0 spiro atoms. The van der Waals surface area contributed by atoms with Gasteiger partial charge in [-0.15, -0.1) is 36.4 Å². The molecule has 198 valence electrons. The van der Waals surface area contributed by atoms with Crippen molar-refractivity contribution in [2.45, 2.75) is 41.8 Å². The van der Waals surface area contributed by atoms with Gasteiger partial charge in [0.1, 0.15) is 11.5 Å². The van der Waals surface area contributed by atoms with Crippen molar-refractivity contribution in [3.05, 3.63) is 35.4 Å². The van der Waals surface area contributed by atoms with E-state index in [1.54, 1.807) is 13.0 Å². The van der Waals surface area contributed by atoms with Gasteiger partial charge in [-0.25, -0.2) is 0 Å². The highest BCUT2D eigenvalue weighted by atomic mass is 35.5. The Morgan fingerprint density at radius 2 is 1.78 bits per heavy atom. The molecule has 2 aliphatic heterocycles. The number of halogens is 5. The summed E-state index contributed by atoms with van der Waals surface area (Å²) in [5, 5.41) is 10.8. The maximum Gasteiger partial charge on any atom is 0.573 e. The molecule has 1 aromatic carbocycles. The van der Waals surface area contributed by atoms with Crippen LogP contribution < -0.4 is 4.74 Å². The number of nitrogens with zero attached hydrogens (tertiary/aromatic N) is 2. The lowest BCUT2D eigenvalue weighted by atomic mass is 9.56. The summed E-state index contributed by atoms with van der Waals surface area (Å²) in [4.78, 5) is 50.5. The molecule has 37 heavy (non-hydrogen) atoms. The maximum absolute atomic E-state index is 13.4. The molecule has 2 saturated heterocycles. The van der Waals surface area contributed by atoms with Crippen molar-refractivity contribution < 1.29 is 42.2 Å². The van der Waals surface area contributed by atoms with E-state index in [0.29, 0.717) is 5.57 Å². The first-order valence-electron chi connectivity index (χ1n) is 11.5. The van der Waals surface area contributed by atoms with Gasteiger partial charge in [0.25, 0.3) is 11.8 Å². The Balaban J connectivity index is 1.74. The molecule has 0 bridgehead atoms. The fourth-order valence-electron chi connectivity index (χ4n) is 6.43. The summed E-state index contributed by atoms with van der Waals surface area (Å²) in [6.45, 7) is 1.79. The van der Waals surface area contributed by atoms with Crippen LogP contribution in [0.5, 0.6) is 11.5 Å². The van der Waals surface area contributed by atoms with Crippen molar-refractivity contribution in [1.29, 1.82) is 0 Å². The molecule has 0 aromatic heterocycles. The summed E-state index contributed by atoms with van der Waals surface area (Å²) in [5.41, 5.74) is 0.124. The zero-order valence-corrected chi connectivity index (χ0v) is 21.0. The Labute approximate surface area is 218 Å². The van der Waals surface area contributed by atoms with E-state index in [1.807, 2.05) is 0 Å². The average Bonchev–Trinajstić information content (AvgIpc) is 3.14. The molecule has 6 atom stereocenters. The molecule has 2 heterocycles. The zero-order chi connectivity index (χ0) is 27.2. The Morgan fingerprint density at radius 1 is 1.11 bits per heavy atom. The lowest BCUT2D eigenvalue weighted by Crippen LogP contribution is -2.60. The number of alkyl halides is 5. The molecule has 1 saturated carbocycles. The minimum absolute atomic E-state index is 0.105. The van der Waals surface area contributed by atoms with E-state index in [0.717, 1.165) is 28.0 Å². The Kier molecular flexibility index (Phi) is 5.66. The summed E-state index contributed by atoms with van der Waals surface area (Å²) >= 11 is 13.9. The molecule has 0 radical (unpaired) electrons. The van der Waals surface area contributed by atoms with Crippen molar-refractivity contribution >= 4 is 46.8 Å². The predicted octanol–water partition coefficient (Wildman–Crippen LogP) is 3.30. The van der Waals surface area contributed by atoms with Crippen molar-refractivity contribution in [1.82, 2.24) is 9.80 Å². The number of allylic oxidation sites excluding steroid dienone is 2. The lowest BCUT2D eigenvalue weighted by molar-refractivity contribution is -0.274. The van der Waals surface area contributed by atoms with Crippen LogP contribution in [-0.2, 0) is 19.2 Å². The molecule has 4 amide bonds. The van der Waals surface area contributed by atoms with E-state index in [4.69, 9.17) is 23.2 Å². The number of benzene rings is 1. The van der Waals surface area contributed by atoms with Crippen LogP contribution in [-0.4, -0.2) is 68.2 Å². The van der Waals surface area contributed by atoms with Gasteiger partial charge in [0.05, 0.1) is 11.8 Å². The first kappa shape index (κ1) is 25.8. The summed E-state index contributed by atoms with van der Waals surface area (Å²) in [6.07, 6.45) is -3.58. The van der Waals surface area contributed by atoms with Crippen LogP contribution in [0.2, 0.25) is 0 Å². The summed E-state index contributed by atoms with van der Waals surface area (Å²) in [7, 11) is 1.18. The Hall–Kier alpha value is -2.79. The first-order chi connectivity index (χ1) is 17.2. The molecule has 3 fully saturated rings.